The van der Waals surface area contributed by atoms with Crippen LogP contribution in [0.3, 0.4) is 0 Å². The molecule has 1 aromatic rings. The van der Waals surface area contributed by atoms with Gasteiger partial charge in [-0.15, -0.1) is 0 Å². The average Bonchev–Trinajstić information content (AvgIpc) is 2.85. The van der Waals surface area contributed by atoms with Crippen molar-refractivity contribution < 1.29 is 19.4 Å². The van der Waals surface area contributed by atoms with Gasteiger partial charge in [-0.2, -0.15) is 0 Å². The highest BCUT2D eigenvalue weighted by Gasteiger charge is 2.24. The van der Waals surface area contributed by atoms with E-state index in [0.29, 0.717) is 17.1 Å². The predicted molar refractivity (Wildman–Crippen MR) is 64.8 cm³/mol. The van der Waals surface area contributed by atoms with Gasteiger partial charge >= 0.3 is 5.97 Å². The number of ether oxygens (including phenoxy) is 2. The highest BCUT2D eigenvalue weighted by atomic mass is 16.7. The second-order valence-corrected chi connectivity index (χ2v) is 4.09. The summed E-state index contributed by atoms with van der Waals surface area (Å²) in [6.45, 7) is 0.141. The Kier molecular flexibility index (Phi) is 2.55. The number of fused-ring (bicyclic) bond motifs is 1. The molecule has 0 aromatic heterocycles. The van der Waals surface area contributed by atoms with Gasteiger partial charge in [-0.05, 0) is 24.1 Å². The Balaban J connectivity index is 2.09. The lowest BCUT2D eigenvalue weighted by atomic mass is 9.88. The predicted octanol–water partition coefficient (Wildman–Crippen LogP) is 2.53. The molecule has 1 aliphatic heterocycles. The van der Waals surface area contributed by atoms with Crippen LogP contribution in [0.25, 0.3) is 0 Å². The van der Waals surface area contributed by atoms with E-state index in [4.69, 9.17) is 9.47 Å². The van der Waals surface area contributed by atoms with Crippen molar-refractivity contribution in [3.05, 3.63) is 54.0 Å². The first-order valence-corrected chi connectivity index (χ1v) is 5.61. The summed E-state index contributed by atoms with van der Waals surface area (Å²) >= 11 is 0. The van der Waals surface area contributed by atoms with Crippen molar-refractivity contribution in [2.75, 3.05) is 6.79 Å². The molecule has 0 fully saturated rings. The van der Waals surface area contributed by atoms with Gasteiger partial charge in [0.25, 0.3) is 0 Å². The summed E-state index contributed by atoms with van der Waals surface area (Å²) in [7, 11) is 0. The Labute approximate surface area is 104 Å². The van der Waals surface area contributed by atoms with Gasteiger partial charge in [0.1, 0.15) is 0 Å². The summed E-state index contributed by atoms with van der Waals surface area (Å²) in [5.74, 6) is 0.0908. The molecule has 0 unspecified atom stereocenters. The smallest absolute Gasteiger partial charge is 0.336 e. The molecule has 1 radical (unpaired) electrons. The number of hydrogen-bond donors (Lipinski definition) is 1. The fourth-order valence-electron chi connectivity index (χ4n) is 2.12. The van der Waals surface area contributed by atoms with Gasteiger partial charge in [-0.25, -0.2) is 4.79 Å². The highest BCUT2D eigenvalue weighted by molar-refractivity contribution is 5.91. The molecular formula is C14H11O4. The molecule has 1 aromatic carbocycles. The van der Waals surface area contributed by atoms with E-state index < -0.39 is 5.97 Å². The largest absolute Gasteiger partial charge is 0.478 e. The minimum absolute atomic E-state index is 0.0457. The Morgan fingerprint density at radius 1 is 1.17 bits per heavy atom. The summed E-state index contributed by atoms with van der Waals surface area (Å²) in [6, 6.07) is 3.27. The van der Waals surface area contributed by atoms with Crippen LogP contribution in [0, 0.1) is 6.42 Å². The van der Waals surface area contributed by atoms with Gasteiger partial charge in [0.05, 0.1) is 5.56 Å². The SMILES string of the molecule is O=C(O)c1cc2c(cc1[C@H]1[CH]C=CC=C1)OCO2. The molecule has 4 nitrogen and oxygen atoms in total. The van der Waals surface area contributed by atoms with Crippen molar-refractivity contribution in [1.29, 1.82) is 0 Å². The fraction of sp³-hybridized carbons (Fsp3) is 0.143. The number of hydrogen-bond acceptors (Lipinski definition) is 3. The van der Waals surface area contributed by atoms with Crippen LogP contribution in [0.15, 0.2) is 36.4 Å². The molecule has 1 atom stereocenters. The maximum atomic E-state index is 11.3. The number of rotatable bonds is 2. The maximum absolute atomic E-state index is 11.3. The van der Waals surface area contributed by atoms with Gasteiger partial charge in [-0.3, -0.25) is 0 Å². The third-order valence-corrected chi connectivity index (χ3v) is 2.99. The molecular weight excluding hydrogens is 232 g/mol. The highest BCUT2D eigenvalue weighted by Crippen LogP contribution is 2.38. The fourth-order valence-corrected chi connectivity index (χ4v) is 2.12. The number of carboxylic acids is 1. The molecule has 4 heteroatoms. The molecule has 0 amide bonds. The van der Waals surface area contributed by atoms with Gasteiger partial charge < -0.3 is 14.6 Å². The van der Waals surface area contributed by atoms with Crippen LogP contribution in [0.5, 0.6) is 11.5 Å². The van der Waals surface area contributed by atoms with E-state index in [1.165, 1.54) is 6.07 Å². The van der Waals surface area contributed by atoms with Crippen molar-refractivity contribution in [1.82, 2.24) is 0 Å². The van der Waals surface area contributed by atoms with Gasteiger partial charge in [0, 0.05) is 5.92 Å². The minimum atomic E-state index is -0.959. The van der Waals surface area contributed by atoms with Crippen LogP contribution in [-0.2, 0) is 0 Å². The zero-order valence-corrected chi connectivity index (χ0v) is 9.50. The zero-order valence-electron chi connectivity index (χ0n) is 9.50. The van der Waals surface area contributed by atoms with E-state index in [-0.39, 0.29) is 18.3 Å². The van der Waals surface area contributed by atoms with E-state index >= 15 is 0 Å². The number of allylic oxidation sites excluding steroid dienone is 4. The summed E-state index contributed by atoms with van der Waals surface area (Å²) < 4.78 is 10.5. The molecule has 0 bridgehead atoms. The van der Waals surface area contributed by atoms with Crippen LogP contribution in [0.2, 0.25) is 0 Å². The number of carbonyl (C=O) groups is 1. The Hall–Kier alpha value is -2.23. The van der Waals surface area contributed by atoms with E-state index in [1.54, 1.807) is 6.07 Å². The lowest BCUT2D eigenvalue weighted by molar-refractivity contribution is 0.0695. The van der Waals surface area contributed by atoms with Gasteiger partial charge in [0.15, 0.2) is 11.5 Å². The van der Waals surface area contributed by atoms with Crippen LogP contribution < -0.4 is 9.47 Å². The third-order valence-electron chi connectivity index (χ3n) is 2.99. The normalized spacial score (nSPS) is 20.1. The van der Waals surface area contributed by atoms with Crippen molar-refractivity contribution in [3.63, 3.8) is 0 Å². The Bertz CT molecular complexity index is 557. The van der Waals surface area contributed by atoms with Crippen molar-refractivity contribution >= 4 is 5.97 Å². The van der Waals surface area contributed by atoms with Crippen molar-refractivity contribution in [2.24, 2.45) is 0 Å². The molecule has 0 saturated heterocycles. The first kappa shape index (κ1) is 10.9. The molecule has 91 valence electrons. The van der Waals surface area contributed by atoms with E-state index in [2.05, 4.69) is 0 Å². The molecule has 0 saturated carbocycles. The molecule has 3 rings (SSSR count). The average molecular weight is 243 g/mol. The van der Waals surface area contributed by atoms with Gasteiger partial charge in [0.2, 0.25) is 6.79 Å². The molecule has 0 spiro atoms. The summed E-state index contributed by atoms with van der Waals surface area (Å²) in [5.41, 5.74) is 0.966. The summed E-state index contributed by atoms with van der Waals surface area (Å²) in [4.78, 5) is 11.3. The quantitative estimate of drug-likeness (QED) is 0.867. The van der Waals surface area contributed by atoms with Crippen LogP contribution in [0.4, 0.5) is 0 Å². The molecule has 1 N–H and O–H groups in total. The molecule has 2 aliphatic rings. The van der Waals surface area contributed by atoms with Gasteiger partial charge in [-0.1, -0.05) is 24.3 Å². The van der Waals surface area contributed by atoms with Crippen molar-refractivity contribution in [3.8, 4) is 11.5 Å². The standard InChI is InChI=1S/C14H11O4/c15-14(16)11-7-13-12(17-8-18-13)6-10(11)9-4-2-1-3-5-9/h1-7,9H,8H2,(H,15,16). The Morgan fingerprint density at radius 3 is 2.61 bits per heavy atom. The topological polar surface area (TPSA) is 55.8 Å². The molecule has 18 heavy (non-hydrogen) atoms. The second kappa shape index (κ2) is 4.22. The zero-order chi connectivity index (χ0) is 12.5. The summed E-state index contributed by atoms with van der Waals surface area (Å²) in [6.07, 6.45) is 9.61. The number of benzene rings is 1. The van der Waals surface area contributed by atoms with E-state index in [0.717, 1.165) is 0 Å². The second-order valence-electron chi connectivity index (χ2n) is 4.09. The monoisotopic (exact) mass is 243 g/mol. The first-order chi connectivity index (χ1) is 8.75. The number of aromatic carboxylic acids is 1. The van der Waals surface area contributed by atoms with Crippen molar-refractivity contribution in [2.45, 2.75) is 5.92 Å². The van der Waals surface area contributed by atoms with E-state index in [9.17, 15) is 9.90 Å². The lowest BCUT2D eigenvalue weighted by Gasteiger charge is -2.16. The molecule has 1 aliphatic carbocycles. The van der Waals surface area contributed by atoms with Crippen LogP contribution >= 0.6 is 0 Å². The maximum Gasteiger partial charge on any atom is 0.336 e. The Morgan fingerprint density at radius 2 is 1.94 bits per heavy atom. The van der Waals surface area contributed by atoms with Crippen LogP contribution in [-0.4, -0.2) is 17.9 Å². The lowest BCUT2D eigenvalue weighted by Crippen LogP contribution is -2.07. The minimum Gasteiger partial charge on any atom is -0.478 e. The molecule has 1 heterocycles. The van der Waals surface area contributed by atoms with Crippen LogP contribution in [0.1, 0.15) is 21.8 Å². The van der Waals surface area contributed by atoms with E-state index in [1.807, 2.05) is 30.7 Å². The first-order valence-electron chi connectivity index (χ1n) is 5.61. The number of carboxylic acid groups (broad SMARTS) is 1. The third kappa shape index (κ3) is 1.76. The summed E-state index contributed by atoms with van der Waals surface area (Å²) in [5, 5.41) is 9.28.